The van der Waals surface area contributed by atoms with Gasteiger partial charge in [0.2, 0.25) is 0 Å². The second-order valence-electron chi connectivity index (χ2n) is 4.94. The predicted octanol–water partition coefficient (Wildman–Crippen LogP) is 3.26. The van der Waals surface area contributed by atoms with E-state index in [4.69, 9.17) is 4.42 Å². The van der Waals surface area contributed by atoms with Crippen LogP contribution in [0.5, 0.6) is 0 Å². The summed E-state index contributed by atoms with van der Waals surface area (Å²) >= 11 is 3.71. The SMILES string of the molecule is Cc1occc1C(Br)c1ccc2c(c1)n(C)c(=O)n2C. The van der Waals surface area contributed by atoms with Crippen LogP contribution in [0.2, 0.25) is 0 Å². The summed E-state index contributed by atoms with van der Waals surface area (Å²) in [6.45, 7) is 1.94. The number of imidazole rings is 1. The highest BCUT2D eigenvalue weighted by molar-refractivity contribution is 9.09. The van der Waals surface area contributed by atoms with Crippen LogP contribution >= 0.6 is 15.9 Å². The summed E-state index contributed by atoms with van der Waals surface area (Å²) in [7, 11) is 3.58. The molecule has 0 saturated carbocycles. The number of halogens is 1. The van der Waals surface area contributed by atoms with Crippen molar-refractivity contribution in [1.29, 1.82) is 0 Å². The Balaban J connectivity index is 2.17. The van der Waals surface area contributed by atoms with Crippen LogP contribution in [0.15, 0.2) is 39.7 Å². The van der Waals surface area contributed by atoms with Crippen molar-refractivity contribution in [2.75, 3.05) is 0 Å². The minimum atomic E-state index is -0.0113. The van der Waals surface area contributed by atoms with Crippen LogP contribution < -0.4 is 5.69 Å². The Hall–Kier alpha value is -1.75. The molecule has 0 aliphatic carbocycles. The molecule has 20 heavy (non-hydrogen) atoms. The normalized spacial score (nSPS) is 13.0. The van der Waals surface area contributed by atoms with Crippen molar-refractivity contribution in [2.24, 2.45) is 14.1 Å². The molecule has 0 bridgehead atoms. The van der Waals surface area contributed by atoms with E-state index in [0.717, 1.165) is 27.9 Å². The molecule has 3 aromatic rings. The molecule has 0 fully saturated rings. The van der Waals surface area contributed by atoms with Gasteiger partial charge in [0.25, 0.3) is 0 Å². The first-order valence-corrected chi connectivity index (χ1v) is 7.25. The zero-order chi connectivity index (χ0) is 14.4. The van der Waals surface area contributed by atoms with Crippen LogP contribution in [0.3, 0.4) is 0 Å². The number of alkyl halides is 1. The number of hydrogen-bond acceptors (Lipinski definition) is 2. The number of fused-ring (bicyclic) bond motifs is 1. The number of hydrogen-bond donors (Lipinski definition) is 0. The summed E-state index contributed by atoms with van der Waals surface area (Å²) in [5.41, 5.74) is 4.06. The quantitative estimate of drug-likeness (QED) is 0.675. The molecule has 2 aromatic heterocycles. The Morgan fingerprint density at radius 1 is 1.15 bits per heavy atom. The molecule has 2 heterocycles. The lowest BCUT2D eigenvalue weighted by Gasteiger charge is -2.10. The summed E-state index contributed by atoms with van der Waals surface area (Å²) in [5, 5.41) is 0. The Morgan fingerprint density at radius 2 is 1.85 bits per heavy atom. The average molecular weight is 335 g/mol. The van der Waals surface area contributed by atoms with Crippen LogP contribution in [-0.2, 0) is 14.1 Å². The van der Waals surface area contributed by atoms with Crippen LogP contribution in [0.4, 0.5) is 0 Å². The van der Waals surface area contributed by atoms with Gasteiger partial charge in [-0.25, -0.2) is 4.79 Å². The van der Waals surface area contributed by atoms with Gasteiger partial charge in [0.15, 0.2) is 0 Å². The highest BCUT2D eigenvalue weighted by Gasteiger charge is 2.17. The lowest BCUT2D eigenvalue weighted by Crippen LogP contribution is -2.19. The lowest BCUT2D eigenvalue weighted by molar-refractivity contribution is 0.530. The van der Waals surface area contributed by atoms with Crippen molar-refractivity contribution < 1.29 is 4.42 Å². The molecule has 3 rings (SSSR count). The minimum absolute atomic E-state index is 0.0113. The van der Waals surface area contributed by atoms with Gasteiger partial charge in [-0.2, -0.15) is 0 Å². The third-order valence-corrected chi connectivity index (χ3v) is 4.78. The number of rotatable bonds is 2. The van der Waals surface area contributed by atoms with E-state index in [0.29, 0.717) is 0 Å². The average Bonchev–Trinajstić information content (AvgIpc) is 2.97. The maximum atomic E-state index is 12.0. The molecule has 0 amide bonds. The molecule has 1 atom stereocenters. The van der Waals surface area contributed by atoms with E-state index < -0.39 is 0 Å². The smallest absolute Gasteiger partial charge is 0.328 e. The van der Waals surface area contributed by atoms with Crippen molar-refractivity contribution >= 4 is 27.0 Å². The number of aromatic nitrogens is 2. The highest BCUT2D eigenvalue weighted by atomic mass is 79.9. The Morgan fingerprint density at radius 3 is 2.50 bits per heavy atom. The molecule has 0 N–H and O–H groups in total. The molecule has 0 aliphatic rings. The molecule has 5 heteroatoms. The standard InChI is InChI=1S/C15H15BrN2O2/c1-9-11(6-7-20-9)14(16)10-4-5-12-13(8-10)18(3)15(19)17(12)2/h4-8,14H,1-3H3. The van der Waals surface area contributed by atoms with Crippen molar-refractivity contribution in [3.05, 3.63) is 57.9 Å². The summed E-state index contributed by atoms with van der Waals surface area (Å²) < 4.78 is 8.68. The van der Waals surface area contributed by atoms with Crippen LogP contribution in [0, 0.1) is 6.92 Å². The van der Waals surface area contributed by atoms with E-state index in [-0.39, 0.29) is 10.5 Å². The molecular weight excluding hydrogens is 320 g/mol. The predicted molar refractivity (Wildman–Crippen MR) is 82.4 cm³/mol. The molecule has 1 aromatic carbocycles. The number of nitrogens with zero attached hydrogens (tertiary/aromatic N) is 2. The van der Waals surface area contributed by atoms with Crippen LogP contribution in [-0.4, -0.2) is 9.13 Å². The van der Waals surface area contributed by atoms with Crippen molar-refractivity contribution in [1.82, 2.24) is 9.13 Å². The fourth-order valence-electron chi connectivity index (χ4n) is 2.52. The summed E-state index contributed by atoms with van der Waals surface area (Å²) in [6, 6.07) is 8.02. The Kier molecular flexibility index (Phi) is 3.09. The fraction of sp³-hybridized carbons (Fsp3) is 0.267. The first kappa shape index (κ1) is 13.2. The van der Waals surface area contributed by atoms with E-state index in [1.165, 1.54) is 0 Å². The van der Waals surface area contributed by atoms with Crippen molar-refractivity contribution in [3.63, 3.8) is 0 Å². The summed E-state index contributed by atoms with van der Waals surface area (Å²) in [5.74, 6) is 0.897. The summed E-state index contributed by atoms with van der Waals surface area (Å²) in [4.78, 5) is 12.0. The number of aryl methyl sites for hydroxylation is 3. The largest absolute Gasteiger partial charge is 0.469 e. The van der Waals surface area contributed by atoms with Crippen LogP contribution in [0.1, 0.15) is 21.7 Å². The monoisotopic (exact) mass is 334 g/mol. The molecule has 0 radical (unpaired) electrons. The third-order valence-electron chi connectivity index (χ3n) is 3.76. The van der Waals surface area contributed by atoms with E-state index in [9.17, 15) is 4.79 Å². The fourth-order valence-corrected chi connectivity index (χ4v) is 3.28. The highest BCUT2D eigenvalue weighted by Crippen LogP contribution is 2.34. The number of benzene rings is 1. The lowest BCUT2D eigenvalue weighted by atomic mass is 10.0. The second-order valence-corrected chi connectivity index (χ2v) is 5.86. The maximum absolute atomic E-state index is 12.0. The van der Waals surface area contributed by atoms with Crippen molar-refractivity contribution in [2.45, 2.75) is 11.8 Å². The van der Waals surface area contributed by atoms with E-state index in [1.54, 1.807) is 29.5 Å². The molecule has 104 valence electrons. The molecule has 1 unspecified atom stereocenters. The van der Waals surface area contributed by atoms with Gasteiger partial charge in [-0.1, -0.05) is 22.0 Å². The Bertz CT molecular complexity index is 841. The molecule has 0 spiro atoms. The Labute approximate surface area is 124 Å². The molecule has 4 nitrogen and oxygen atoms in total. The van der Waals surface area contributed by atoms with E-state index in [2.05, 4.69) is 15.9 Å². The van der Waals surface area contributed by atoms with E-state index in [1.807, 2.05) is 31.2 Å². The van der Waals surface area contributed by atoms with Gasteiger partial charge in [0.05, 0.1) is 22.1 Å². The maximum Gasteiger partial charge on any atom is 0.328 e. The van der Waals surface area contributed by atoms with Gasteiger partial charge in [-0.15, -0.1) is 0 Å². The van der Waals surface area contributed by atoms with Gasteiger partial charge in [-0.05, 0) is 30.7 Å². The number of furan rings is 1. The zero-order valence-corrected chi connectivity index (χ0v) is 13.1. The second kappa shape index (κ2) is 4.66. The van der Waals surface area contributed by atoms with Gasteiger partial charge in [0, 0.05) is 19.7 Å². The summed E-state index contributed by atoms with van der Waals surface area (Å²) in [6.07, 6.45) is 1.69. The van der Waals surface area contributed by atoms with Crippen molar-refractivity contribution in [3.8, 4) is 0 Å². The third kappa shape index (κ3) is 1.85. The van der Waals surface area contributed by atoms with E-state index >= 15 is 0 Å². The van der Waals surface area contributed by atoms with Crippen LogP contribution in [0.25, 0.3) is 11.0 Å². The molecule has 0 aliphatic heterocycles. The molecule has 0 saturated heterocycles. The van der Waals surface area contributed by atoms with Gasteiger partial charge < -0.3 is 4.42 Å². The zero-order valence-electron chi connectivity index (χ0n) is 11.6. The topological polar surface area (TPSA) is 40.1 Å². The minimum Gasteiger partial charge on any atom is -0.469 e. The first-order chi connectivity index (χ1) is 9.50. The van der Waals surface area contributed by atoms with Gasteiger partial charge in [-0.3, -0.25) is 9.13 Å². The molecular formula is C15H15BrN2O2. The van der Waals surface area contributed by atoms with Gasteiger partial charge in [0.1, 0.15) is 5.76 Å². The first-order valence-electron chi connectivity index (χ1n) is 6.34. The van der Waals surface area contributed by atoms with Gasteiger partial charge >= 0.3 is 5.69 Å².